The van der Waals surface area contributed by atoms with Gasteiger partial charge in [0.05, 0.1) is 31.0 Å². The third kappa shape index (κ3) is 8.74. The van der Waals surface area contributed by atoms with Crippen molar-refractivity contribution < 1.29 is 31.4 Å². The largest absolute Gasteiger partial charge is 0.419 e. The number of ether oxygens (including phenoxy) is 2. The second kappa shape index (κ2) is 14.6. The van der Waals surface area contributed by atoms with E-state index in [1.165, 1.54) is 30.5 Å². The highest BCUT2D eigenvalue weighted by molar-refractivity contribution is 5.55. The van der Waals surface area contributed by atoms with Crippen molar-refractivity contribution in [1.82, 2.24) is 30.6 Å². The van der Waals surface area contributed by atoms with Gasteiger partial charge in [-0.2, -0.15) is 13.2 Å². The normalized spacial score (nSPS) is 19.8. The summed E-state index contributed by atoms with van der Waals surface area (Å²) in [5.74, 6) is 0.312. The molecule has 47 heavy (non-hydrogen) atoms. The van der Waals surface area contributed by atoms with Crippen molar-refractivity contribution in [1.29, 1.82) is 0 Å². The lowest BCUT2D eigenvalue weighted by atomic mass is 10.1. The standard InChI is InChI=1S/C17H19FN4O.C15H14F4N4O/c18-15-7-13(3-4-14(15)16-10-19-5-6-23-16)22-17-20-8-12(9-21-17)11-1-2-11;16-12-5-10(1-2-11(12)13-8-20-3-4-24-13)23-14-21-6-9(7-22-14)15(17,18)19/h3-4,7-9,11,16,19H,1-2,5-6,10H2,(H,20,21,22);1-2,5-7,13,20H,3-4,8H2,(H,21,22,23)/t16-;13-/m10/s1. The molecule has 1 saturated carbocycles. The minimum Gasteiger partial charge on any atom is -0.371 e. The minimum absolute atomic E-state index is 0.0502. The van der Waals surface area contributed by atoms with Gasteiger partial charge in [0.25, 0.3) is 0 Å². The monoisotopic (exact) mass is 656 g/mol. The van der Waals surface area contributed by atoms with Crippen molar-refractivity contribution in [3.63, 3.8) is 0 Å². The molecule has 2 saturated heterocycles. The summed E-state index contributed by atoms with van der Waals surface area (Å²) in [7, 11) is 0. The Morgan fingerprint density at radius 2 is 1.15 bits per heavy atom. The van der Waals surface area contributed by atoms with Crippen molar-refractivity contribution in [3.8, 4) is 0 Å². The maximum atomic E-state index is 14.3. The SMILES string of the molecule is Fc1cc(Nc2ncc(C(F)(F)F)cn2)ccc1[C@@H]1CNCCO1.Fc1cc(Nc2ncc(C3CC3)cn2)ccc1[C@H]1CNCCO1. The van der Waals surface area contributed by atoms with Crippen molar-refractivity contribution >= 4 is 23.3 Å². The molecule has 4 N–H and O–H groups in total. The predicted octanol–water partition coefficient (Wildman–Crippen LogP) is 5.94. The van der Waals surface area contributed by atoms with E-state index in [2.05, 4.69) is 41.2 Å². The Morgan fingerprint density at radius 3 is 1.53 bits per heavy atom. The first-order chi connectivity index (χ1) is 22.7. The number of hydrogen-bond donors (Lipinski definition) is 4. The van der Waals surface area contributed by atoms with Crippen molar-refractivity contribution in [2.75, 3.05) is 50.0 Å². The van der Waals surface area contributed by atoms with Gasteiger partial charge in [0.2, 0.25) is 11.9 Å². The highest BCUT2D eigenvalue weighted by Gasteiger charge is 2.31. The molecule has 4 heterocycles. The number of nitrogens with one attached hydrogen (secondary N) is 4. The van der Waals surface area contributed by atoms with Crippen LogP contribution in [0, 0.1) is 11.6 Å². The molecule has 2 atom stereocenters. The second-order valence-electron chi connectivity index (χ2n) is 11.3. The third-order valence-corrected chi connectivity index (χ3v) is 7.76. The van der Waals surface area contributed by atoms with E-state index in [1.54, 1.807) is 18.2 Å². The molecule has 1 aliphatic carbocycles. The molecule has 0 amide bonds. The molecular formula is C32H33F5N8O2. The number of anilines is 4. The van der Waals surface area contributed by atoms with Gasteiger partial charge < -0.3 is 30.7 Å². The van der Waals surface area contributed by atoms with E-state index < -0.39 is 17.6 Å². The van der Waals surface area contributed by atoms with Crippen LogP contribution in [0.2, 0.25) is 0 Å². The van der Waals surface area contributed by atoms with E-state index >= 15 is 0 Å². The van der Waals surface area contributed by atoms with Gasteiger partial charge in [-0.3, -0.25) is 0 Å². The van der Waals surface area contributed by atoms with E-state index in [-0.39, 0.29) is 24.0 Å². The quantitative estimate of drug-likeness (QED) is 0.178. The molecule has 248 valence electrons. The number of aromatic nitrogens is 4. The van der Waals surface area contributed by atoms with Crippen LogP contribution in [0.3, 0.4) is 0 Å². The number of rotatable bonds is 7. The lowest BCUT2D eigenvalue weighted by molar-refractivity contribution is -0.138. The number of benzene rings is 2. The van der Waals surface area contributed by atoms with Gasteiger partial charge in [-0.25, -0.2) is 28.7 Å². The highest BCUT2D eigenvalue weighted by Crippen LogP contribution is 2.39. The fourth-order valence-electron chi connectivity index (χ4n) is 5.09. The topological polar surface area (TPSA) is 118 Å². The fourth-order valence-corrected chi connectivity index (χ4v) is 5.09. The highest BCUT2D eigenvalue weighted by atomic mass is 19.4. The molecule has 0 spiro atoms. The van der Waals surface area contributed by atoms with Crippen LogP contribution >= 0.6 is 0 Å². The molecule has 2 aliphatic heterocycles. The van der Waals surface area contributed by atoms with Crippen LogP contribution in [0.1, 0.15) is 53.2 Å². The van der Waals surface area contributed by atoms with Gasteiger partial charge in [0.15, 0.2) is 0 Å². The molecule has 4 aromatic rings. The zero-order valence-electron chi connectivity index (χ0n) is 25.2. The van der Waals surface area contributed by atoms with Crippen molar-refractivity contribution in [2.45, 2.75) is 37.1 Å². The average molecular weight is 657 g/mol. The minimum atomic E-state index is -4.50. The van der Waals surface area contributed by atoms with Crippen LogP contribution in [0.15, 0.2) is 61.2 Å². The fraction of sp³-hybridized carbons (Fsp3) is 0.375. The summed E-state index contributed by atoms with van der Waals surface area (Å²) in [5.41, 5.74) is 2.19. The predicted molar refractivity (Wildman–Crippen MR) is 164 cm³/mol. The van der Waals surface area contributed by atoms with Gasteiger partial charge in [-0.05, 0) is 48.6 Å². The molecule has 0 unspecified atom stereocenters. The lowest BCUT2D eigenvalue weighted by Gasteiger charge is -2.24. The third-order valence-electron chi connectivity index (χ3n) is 7.76. The molecule has 2 aromatic heterocycles. The molecule has 0 bridgehead atoms. The first kappa shape index (κ1) is 32.6. The van der Waals surface area contributed by atoms with Crippen LogP contribution < -0.4 is 21.3 Å². The van der Waals surface area contributed by atoms with Crippen LogP contribution in [0.4, 0.5) is 45.2 Å². The zero-order chi connectivity index (χ0) is 32.8. The first-order valence-corrected chi connectivity index (χ1v) is 15.2. The summed E-state index contributed by atoms with van der Waals surface area (Å²) < 4.78 is 77.0. The Hall–Kier alpha value is -4.31. The lowest BCUT2D eigenvalue weighted by Crippen LogP contribution is -2.33. The Labute approximate surface area is 267 Å². The summed E-state index contributed by atoms with van der Waals surface area (Å²) >= 11 is 0. The van der Waals surface area contributed by atoms with E-state index in [9.17, 15) is 22.0 Å². The Bertz CT molecular complexity index is 1630. The summed E-state index contributed by atoms with van der Waals surface area (Å²) in [6.45, 7) is 3.80. The van der Waals surface area contributed by atoms with E-state index in [1.807, 2.05) is 18.5 Å². The number of nitrogens with zero attached hydrogens (tertiary/aromatic N) is 4. The Balaban J connectivity index is 0.000000164. The van der Waals surface area contributed by atoms with Crippen molar-refractivity contribution in [3.05, 3.63) is 95.1 Å². The van der Waals surface area contributed by atoms with Crippen LogP contribution in [0.5, 0.6) is 0 Å². The van der Waals surface area contributed by atoms with Gasteiger partial charge in [0.1, 0.15) is 11.6 Å². The van der Waals surface area contributed by atoms with E-state index in [0.29, 0.717) is 73.1 Å². The molecule has 3 fully saturated rings. The average Bonchev–Trinajstić information content (AvgIpc) is 3.92. The molecule has 10 nitrogen and oxygen atoms in total. The number of hydrogen-bond acceptors (Lipinski definition) is 10. The first-order valence-electron chi connectivity index (χ1n) is 15.2. The molecule has 3 aliphatic rings. The van der Waals surface area contributed by atoms with Gasteiger partial charge in [0, 0.05) is 73.5 Å². The Morgan fingerprint density at radius 1 is 0.681 bits per heavy atom. The number of halogens is 5. The molecule has 7 rings (SSSR count). The summed E-state index contributed by atoms with van der Waals surface area (Å²) in [6, 6.07) is 9.44. The van der Waals surface area contributed by atoms with Crippen LogP contribution in [0.25, 0.3) is 0 Å². The molecule has 0 radical (unpaired) electrons. The summed E-state index contributed by atoms with van der Waals surface area (Å²) in [4.78, 5) is 15.8. The van der Waals surface area contributed by atoms with Gasteiger partial charge in [-0.15, -0.1) is 0 Å². The second-order valence-corrected chi connectivity index (χ2v) is 11.3. The molecule has 15 heteroatoms. The van der Waals surface area contributed by atoms with Crippen molar-refractivity contribution in [2.24, 2.45) is 0 Å². The molecule has 2 aromatic carbocycles. The van der Waals surface area contributed by atoms with Gasteiger partial charge >= 0.3 is 6.18 Å². The smallest absolute Gasteiger partial charge is 0.371 e. The van der Waals surface area contributed by atoms with Crippen LogP contribution in [-0.2, 0) is 15.7 Å². The number of morpholine rings is 2. The Kier molecular flexibility index (Phi) is 10.2. The molecular weight excluding hydrogens is 623 g/mol. The van der Waals surface area contributed by atoms with Crippen LogP contribution in [-0.4, -0.2) is 59.3 Å². The summed E-state index contributed by atoms with van der Waals surface area (Å²) in [5, 5.41) is 12.0. The van der Waals surface area contributed by atoms with E-state index in [0.717, 1.165) is 13.1 Å². The number of alkyl halides is 3. The maximum absolute atomic E-state index is 14.3. The zero-order valence-corrected chi connectivity index (χ0v) is 25.2. The maximum Gasteiger partial charge on any atom is 0.419 e. The summed E-state index contributed by atoms with van der Waals surface area (Å²) in [6.07, 6.45) is 2.38. The van der Waals surface area contributed by atoms with Gasteiger partial charge in [-0.1, -0.05) is 12.1 Å². The van der Waals surface area contributed by atoms with E-state index in [4.69, 9.17) is 9.47 Å².